The summed E-state index contributed by atoms with van der Waals surface area (Å²) in [4.78, 5) is 12.4. The summed E-state index contributed by atoms with van der Waals surface area (Å²) in [6, 6.07) is 0. The maximum atomic E-state index is 11.5. The summed E-state index contributed by atoms with van der Waals surface area (Å²) >= 11 is 0. The molecule has 16 heavy (non-hydrogen) atoms. The Labute approximate surface area is 95.3 Å². The topological polar surface area (TPSA) is 101 Å². The second-order valence-electron chi connectivity index (χ2n) is 4.11. The number of nitrogens with two attached hydrogens (primary N) is 1. The normalized spacial score (nSPS) is 22.4. The molecule has 1 heterocycles. The number of β-amino-alcohol motifs (C(OH)–C–C–N with tert-alkyl or cyclic N) is 1. The number of hydrogen-bond donors (Lipinski definition) is 2. The summed E-state index contributed by atoms with van der Waals surface area (Å²) in [5.41, 5.74) is 4.89. The number of hydrogen-bond acceptors (Lipinski definition) is 5. The highest BCUT2D eigenvalue weighted by atomic mass is 32.2. The summed E-state index contributed by atoms with van der Waals surface area (Å²) < 4.78 is 23.0. The van der Waals surface area contributed by atoms with Crippen molar-refractivity contribution >= 4 is 15.7 Å². The van der Waals surface area contributed by atoms with Gasteiger partial charge in [0, 0.05) is 26.1 Å². The number of carbonyl (C=O) groups excluding carboxylic acids is 1. The smallest absolute Gasteiger partial charge is 0.218 e. The fourth-order valence-corrected chi connectivity index (χ4v) is 2.89. The van der Waals surface area contributed by atoms with Crippen LogP contribution in [-0.2, 0) is 14.6 Å². The summed E-state index contributed by atoms with van der Waals surface area (Å²) in [5.74, 6) is -0.758. The van der Waals surface area contributed by atoms with E-state index in [1.165, 1.54) is 0 Å². The average Bonchev–Trinajstić information content (AvgIpc) is 2.59. The Morgan fingerprint density at radius 2 is 2.12 bits per heavy atom. The third kappa shape index (κ3) is 4.91. The van der Waals surface area contributed by atoms with E-state index in [1.807, 2.05) is 4.90 Å². The highest BCUT2D eigenvalue weighted by Crippen LogP contribution is 2.08. The molecule has 1 aliphatic heterocycles. The van der Waals surface area contributed by atoms with Crippen molar-refractivity contribution in [1.29, 1.82) is 0 Å². The van der Waals surface area contributed by atoms with Gasteiger partial charge >= 0.3 is 0 Å². The first-order chi connectivity index (χ1) is 7.39. The van der Waals surface area contributed by atoms with Gasteiger partial charge in [0.15, 0.2) is 9.84 Å². The molecule has 1 fully saturated rings. The second kappa shape index (κ2) is 5.60. The largest absolute Gasteiger partial charge is 0.392 e. The monoisotopic (exact) mass is 250 g/mol. The van der Waals surface area contributed by atoms with Gasteiger partial charge in [0.2, 0.25) is 5.91 Å². The molecule has 1 amide bonds. The fourth-order valence-electron chi connectivity index (χ4n) is 1.64. The first kappa shape index (κ1) is 13.4. The van der Waals surface area contributed by atoms with E-state index < -0.39 is 15.7 Å². The Kier molecular flexibility index (Phi) is 4.69. The van der Waals surface area contributed by atoms with Crippen LogP contribution in [0.15, 0.2) is 0 Å². The van der Waals surface area contributed by atoms with Crippen molar-refractivity contribution < 1.29 is 18.3 Å². The van der Waals surface area contributed by atoms with E-state index in [9.17, 15) is 18.3 Å². The molecular formula is C9H18N2O4S. The van der Waals surface area contributed by atoms with Crippen LogP contribution in [0.4, 0.5) is 0 Å². The Morgan fingerprint density at radius 3 is 2.62 bits per heavy atom. The average molecular weight is 250 g/mol. The third-order valence-corrected chi connectivity index (χ3v) is 4.26. The minimum Gasteiger partial charge on any atom is -0.392 e. The number of nitrogens with zero attached hydrogens (tertiary/aromatic N) is 1. The van der Waals surface area contributed by atoms with Crippen LogP contribution in [0.1, 0.15) is 12.8 Å². The summed E-state index contributed by atoms with van der Waals surface area (Å²) in [6.07, 6.45) is 0.236. The molecule has 0 aromatic rings. The quantitative estimate of drug-likeness (QED) is 0.588. The predicted molar refractivity (Wildman–Crippen MR) is 59.5 cm³/mol. The van der Waals surface area contributed by atoms with E-state index in [0.717, 1.165) is 6.54 Å². The zero-order valence-electron chi connectivity index (χ0n) is 9.13. The van der Waals surface area contributed by atoms with E-state index in [4.69, 9.17) is 5.73 Å². The zero-order valence-corrected chi connectivity index (χ0v) is 9.95. The zero-order chi connectivity index (χ0) is 12.2. The molecule has 94 valence electrons. The van der Waals surface area contributed by atoms with Gasteiger partial charge in [-0.2, -0.15) is 0 Å². The summed E-state index contributed by atoms with van der Waals surface area (Å²) in [5, 5.41) is 9.25. The van der Waals surface area contributed by atoms with Crippen molar-refractivity contribution in [2.45, 2.75) is 18.9 Å². The first-order valence-electron chi connectivity index (χ1n) is 5.28. The number of rotatable bonds is 6. The van der Waals surface area contributed by atoms with E-state index in [-0.39, 0.29) is 24.0 Å². The van der Waals surface area contributed by atoms with Gasteiger partial charge in [-0.05, 0) is 6.42 Å². The molecule has 0 aliphatic carbocycles. The van der Waals surface area contributed by atoms with Gasteiger partial charge in [-0.25, -0.2) is 8.42 Å². The Bertz CT molecular complexity index is 341. The molecule has 0 radical (unpaired) electrons. The van der Waals surface area contributed by atoms with Crippen LogP contribution in [0, 0.1) is 0 Å². The van der Waals surface area contributed by atoms with Crippen LogP contribution in [0.3, 0.4) is 0 Å². The molecule has 0 aromatic carbocycles. The van der Waals surface area contributed by atoms with Crippen LogP contribution >= 0.6 is 0 Å². The summed E-state index contributed by atoms with van der Waals surface area (Å²) in [6.45, 7) is 1.68. The van der Waals surface area contributed by atoms with Crippen molar-refractivity contribution in [1.82, 2.24) is 4.90 Å². The van der Waals surface area contributed by atoms with Crippen LogP contribution < -0.4 is 5.73 Å². The molecule has 6 nitrogen and oxygen atoms in total. The Morgan fingerprint density at radius 1 is 1.44 bits per heavy atom. The van der Waals surface area contributed by atoms with Crippen molar-refractivity contribution in [3.8, 4) is 0 Å². The van der Waals surface area contributed by atoms with Crippen molar-refractivity contribution in [2.24, 2.45) is 5.73 Å². The maximum Gasteiger partial charge on any atom is 0.218 e. The molecule has 0 bridgehead atoms. The second-order valence-corrected chi connectivity index (χ2v) is 6.41. The van der Waals surface area contributed by atoms with Crippen LogP contribution in [-0.4, -0.2) is 61.6 Å². The molecule has 0 spiro atoms. The number of carbonyl (C=O) groups is 1. The first-order valence-corrected chi connectivity index (χ1v) is 7.10. The van der Waals surface area contributed by atoms with Crippen LogP contribution in [0.2, 0.25) is 0 Å². The molecule has 7 heteroatoms. The van der Waals surface area contributed by atoms with E-state index in [2.05, 4.69) is 0 Å². The molecule has 1 saturated heterocycles. The van der Waals surface area contributed by atoms with E-state index in [1.54, 1.807) is 0 Å². The molecule has 0 unspecified atom stereocenters. The Balaban J connectivity index is 2.28. The third-order valence-electron chi connectivity index (χ3n) is 2.63. The molecular weight excluding hydrogens is 232 g/mol. The molecule has 1 rings (SSSR count). The van der Waals surface area contributed by atoms with Crippen molar-refractivity contribution in [3.05, 3.63) is 0 Å². The lowest BCUT2D eigenvalue weighted by Crippen LogP contribution is -2.29. The van der Waals surface area contributed by atoms with Gasteiger partial charge in [-0.1, -0.05) is 0 Å². The molecule has 0 saturated carbocycles. The predicted octanol–water partition coefficient (Wildman–Crippen LogP) is -1.66. The molecule has 1 atom stereocenters. The minimum absolute atomic E-state index is 0.0208. The fraction of sp³-hybridized carbons (Fsp3) is 0.889. The molecule has 1 aliphatic rings. The van der Waals surface area contributed by atoms with Crippen LogP contribution in [0.5, 0.6) is 0 Å². The van der Waals surface area contributed by atoms with Gasteiger partial charge < -0.3 is 10.8 Å². The highest BCUT2D eigenvalue weighted by Gasteiger charge is 2.22. The van der Waals surface area contributed by atoms with Gasteiger partial charge in [0.25, 0.3) is 0 Å². The number of amides is 1. The number of sulfone groups is 1. The minimum atomic E-state index is -3.21. The molecule has 3 N–H and O–H groups in total. The van der Waals surface area contributed by atoms with Gasteiger partial charge in [0.05, 0.1) is 17.6 Å². The number of aliphatic hydroxyl groups is 1. The van der Waals surface area contributed by atoms with Crippen LogP contribution in [0.25, 0.3) is 0 Å². The lowest BCUT2D eigenvalue weighted by molar-refractivity contribution is -0.117. The lowest BCUT2D eigenvalue weighted by atomic mass is 10.3. The number of primary amides is 1. The van der Waals surface area contributed by atoms with Gasteiger partial charge in [0.1, 0.15) is 0 Å². The van der Waals surface area contributed by atoms with Crippen molar-refractivity contribution in [3.63, 3.8) is 0 Å². The lowest BCUT2D eigenvalue weighted by Gasteiger charge is -2.14. The number of likely N-dealkylation sites (tertiary alicyclic amines) is 1. The van der Waals surface area contributed by atoms with E-state index >= 15 is 0 Å². The van der Waals surface area contributed by atoms with Gasteiger partial charge in [-0.3, -0.25) is 9.69 Å². The number of aliphatic hydroxyl groups excluding tert-OH is 1. The maximum absolute atomic E-state index is 11.5. The highest BCUT2D eigenvalue weighted by molar-refractivity contribution is 7.91. The van der Waals surface area contributed by atoms with Crippen molar-refractivity contribution in [2.75, 3.05) is 31.1 Å². The van der Waals surface area contributed by atoms with Gasteiger partial charge in [-0.15, -0.1) is 0 Å². The summed E-state index contributed by atoms with van der Waals surface area (Å²) in [7, 11) is -3.21. The SMILES string of the molecule is NC(=O)CCS(=O)(=O)CCN1CC[C@@H](O)C1. The Hall–Kier alpha value is -0.660. The molecule has 0 aromatic heterocycles. The van der Waals surface area contributed by atoms with E-state index in [0.29, 0.717) is 19.5 Å². The standard InChI is InChI=1S/C9H18N2O4S/c10-9(13)2-5-16(14,15)6-4-11-3-1-8(12)7-11/h8,12H,1-7H2,(H2,10,13)/t8-/m1/s1.